The van der Waals surface area contributed by atoms with E-state index in [1.165, 1.54) is 42.5 Å². The number of hydrogen-bond donors (Lipinski definition) is 1. The lowest BCUT2D eigenvalue weighted by molar-refractivity contribution is 0.245. The number of likely N-dealkylation sites (tertiary alicyclic amines) is 1. The van der Waals surface area contributed by atoms with E-state index in [4.69, 9.17) is 4.74 Å². The quantitative estimate of drug-likeness (QED) is 0.509. The van der Waals surface area contributed by atoms with E-state index in [0.29, 0.717) is 12.3 Å². The van der Waals surface area contributed by atoms with Crippen molar-refractivity contribution in [3.05, 3.63) is 28.2 Å². The van der Waals surface area contributed by atoms with Crippen molar-refractivity contribution < 1.29 is 13.2 Å². The highest BCUT2D eigenvalue weighted by Crippen LogP contribution is 2.30. The molecule has 1 aliphatic carbocycles. The minimum Gasteiger partial charge on any atom is -0.497 e. The summed E-state index contributed by atoms with van der Waals surface area (Å²) in [6, 6.07) is 6.38. The number of nitrogens with one attached hydrogen (secondary N) is 1. The lowest BCUT2D eigenvalue weighted by atomic mass is 9.84. The molecule has 1 heterocycles. The third-order valence-electron chi connectivity index (χ3n) is 6.65. The van der Waals surface area contributed by atoms with Gasteiger partial charge in [0.15, 0.2) is 0 Å². The highest BCUT2D eigenvalue weighted by molar-refractivity contribution is 9.10. The van der Waals surface area contributed by atoms with Gasteiger partial charge in [-0.15, -0.1) is 0 Å². The van der Waals surface area contributed by atoms with Crippen molar-refractivity contribution in [2.75, 3.05) is 32.5 Å². The first kappa shape index (κ1) is 24.0. The van der Waals surface area contributed by atoms with E-state index in [2.05, 4.69) is 37.7 Å². The van der Waals surface area contributed by atoms with Gasteiger partial charge in [-0.2, -0.15) is 0 Å². The summed E-state index contributed by atoms with van der Waals surface area (Å²) in [7, 11) is -1.36. The molecule has 3 rings (SSSR count). The number of nitrogens with zero attached hydrogens (tertiary/aromatic N) is 1. The Morgan fingerprint density at radius 3 is 2.63 bits per heavy atom. The summed E-state index contributed by atoms with van der Waals surface area (Å²) in [6.07, 6.45) is 8.54. The van der Waals surface area contributed by atoms with Gasteiger partial charge < -0.3 is 9.64 Å². The molecule has 2 aliphatic rings. The number of benzene rings is 1. The van der Waals surface area contributed by atoms with Crippen LogP contribution >= 0.6 is 15.9 Å². The molecule has 170 valence electrons. The maximum absolute atomic E-state index is 12.0. The second kappa shape index (κ2) is 11.3. The average molecular weight is 502 g/mol. The molecular weight excluding hydrogens is 464 g/mol. The van der Waals surface area contributed by atoms with E-state index in [-0.39, 0.29) is 11.8 Å². The van der Waals surface area contributed by atoms with Crippen LogP contribution in [-0.2, 0) is 16.4 Å². The normalized spacial score (nSPS) is 25.5. The number of hydrogen-bond acceptors (Lipinski definition) is 4. The molecule has 1 aliphatic heterocycles. The zero-order chi connectivity index (χ0) is 21.6. The van der Waals surface area contributed by atoms with E-state index in [0.717, 1.165) is 43.8 Å². The second-order valence-electron chi connectivity index (χ2n) is 9.06. The fourth-order valence-corrected chi connectivity index (χ4v) is 6.75. The Morgan fingerprint density at radius 1 is 1.17 bits per heavy atom. The lowest BCUT2D eigenvalue weighted by Gasteiger charge is -2.30. The first-order valence-electron chi connectivity index (χ1n) is 11.4. The summed E-state index contributed by atoms with van der Waals surface area (Å²) in [5, 5.41) is 0. The van der Waals surface area contributed by atoms with Crippen LogP contribution in [0.2, 0.25) is 0 Å². The van der Waals surface area contributed by atoms with Crippen LogP contribution in [0.4, 0.5) is 0 Å². The highest BCUT2D eigenvalue weighted by Gasteiger charge is 2.27. The first-order chi connectivity index (χ1) is 14.4. The first-order valence-corrected chi connectivity index (χ1v) is 13.9. The maximum Gasteiger partial charge on any atom is 0.211 e. The monoisotopic (exact) mass is 500 g/mol. The van der Waals surface area contributed by atoms with E-state index >= 15 is 0 Å². The van der Waals surface area contributed by atoms with E-state index in [1.54, 1.807) is 7.11 Å². The highest BCUT2D eigenvalue weighted by atomic mass is 79.9. The molecule has 1 aromatic rings. The summed E-state index contributed by atoms with van der Waals surface area (Å²) in [5.74, 6) is 2.62. The number of ether oxygens (including phenoxy) is 1. The van der Waals surface area contributed by atoms with Gasteiger partial charge in [0.2, 0.25) is 10.0 Å². The molecule has 1 atom stereocenters. The van der Waals surface area contributed by atoms with Crippen LogP contribution in [0, 0.1) is 11.8 Å². The Labute approximate surface area is 191 Å². The Hall–Kier alpha value is -0.630. The standard InChI is InChI=1S/C23H37BrN2O3S/c1-3-14-30(27,28)25-21-6-4-18(5-7-21)10-12-26-13-11-19(17-26)15-20-16-22(29-2)8-9-23(20)24/h8-9,16,18-19,21,25H,3-7,10-15,17H2,1-2H3. The van der Waals surface area contributed by atoms with E-state index < -0.39 is 10.0 Å². The molecule has 1 unspecified atom stereocenters. The minimum atomic E-state index is -3.08. The zero-order valence-corrected chi connectivity index (χ0v) is 20.8. The third-order valence-corrected chi connectivity index (χ3v) is 9.06. The van der Waals surface area contributed by atoms with Crippen molar-refractivity contribution in [3.8, 4) is 5.75 Å². The molecule has 0 radical (unpaired) electrons. The van der Waals surface area contributed by atoms with Crippen molar-refractivity contribution in [3.63, 3.8) is 0 Å². The van der Waals surface area contributed by atoms with E-state index in [1.807, 2.05) is 13.0 Å². The fourth-order valence-electron chi connectivity index (χ4n) is 4.94. The molecule has 30 heavy (non-hydrogen) atoms. The van der Waals surface area contributed by atoms with Crippen molar-refractivity contribution >= 4 is 26.0 Å². The molecule has 0 bridgehead atoms. The fraction of sp³-hybridized carbons (Fsp3) is 0.739. The van der Waals surface area contributed by atoms with E-state index in [9.17, 15) is 8.42 Å². The molecule has 1 saturated heterocycles. The van der Waals surface area contributed by atoms with Gasteiger partial charge in [-0.05, 0) is 100 Å². The third kappa shape index (κ3) is 7.21. The van der Waals surface area contributed by atoms with Crippen molar-refractivity contribution in [1.82, 2.24) is 9.62 Å². The molecule has 1 aromatic carbocycles. The average Bonchev–Trinajstić information content (AvgIpc) is 3.16. The van der Waals surface area contributed by atoms with Crippen molar-refractivity contribution in [1.29, 1.82) is 0 Å². The van der Waals surface area contributed by atoms with Gasteiger partial charge in [0.1, 0.15) is 5.75 Å². The van der Waals surface area contributed by atoms with Crippen LogP contribution in [0.25, 0.3) is 0 Å². The van der Waals surface area contributed by atoms with Crippen LogP contribution in [0.3, 0.4) is 0 Å². The Morgan fingerprint density at radius 2 is 1.93 bits per heavy atom. The van der Waals surface area contributed by atoms with Gasteiger partial charge >= 0.3 is 0 Å². The molecule has 1 saturated carbocycles. The molecule has 0 amide bonds. The Bertz CT molecular complexity index is 779. The predicted octanol–water partition coefficient (Wildman–Crippen LogP) is 4.60. The number of methoxy groups -OCH3 is 1. The predicted molar refractivity (Wildman–Crippen MR) is 127 cm³/mol. The molecule has 7 heteroatoms. The number of rotatable bonds is 10. The van der Waals surface area contributed by atoms with Crippen LogP contribution in [0.15, 0.2) is 22.7 Å². The molecule has 0 aromatic heterocycles. The van der Waals surface area contributed by atoms with Gasteiger partial charge in [0, 0.05) is 17.1 Å². The number of halogens is 1. The summed E-state index contributed by atoms with van der Waals surface area (Å²) in [6.45, 7) is 5.45. The SMILES string of the molecule is CCCS(=O)(=O)NC1CCC(CCN2CCC(Cc3cc(OC)ccc3Br)C2)CC1. The van der Waals surface area contributed by atoms with Gasteiger partial charge in [-0.25, -0.2) is 13.1 Å². The summed E-state index contributed by atoms with van der Waals surface area (Å²) in [5.41, 5.74) is 1.34. The van der Waals surface area contributed by atoms with Crippen LogP contribution < -0.4 is 9.46 Å². The molecule has 2 fully saturated rings. The minimum absolute atomic E-state index is 0.148. The van der Waals surface area contributed by atoms with Gasteiger partial charge in [0.05, 0.1) is 12.9 Å². The molecule has 0 spiro atoms. The largest absolute Gasteiger partial charge is 0.497 e. The number of sulfonamides is 1. The Balaban J connectivity index is 1.37. The summed E-state index contributed by atoms with van der Waals surface area (Å²) >= 11 is 3.68. The Kier molecular flexibility index (Phi) is 9.05. The van der Waals surface area contributed by atoms with Gasteiger partial charge in [-0.3, -0.25) is 0 Å². The summed E-state index contributed by atoms with van der Waals surface area (Å²) in [4.78, 5) is 2.62. The smallest absolute Gasteiger partial charge is 0.211 e. The maximum atomic E-state index is 12.0. The molecular formula is C23H37BrN2O3S. The van der Waals surface area contributed by atoms with Crippen molar-refractivity contribution in [2.45, 2.75) is 64.3 Å². The van der Waals surface area contributed by atoms with Crippen molar-refractivity contribution in [2.24, 2.45) is 11.8 Å². The second-order valence-corrected chi connectivity index (χ2v) is 11.8. The van der Waals surface area contributed by atoms with Gasteiger partial charge in [-0.1, -0.05) is 22.9 Å². The van der Waals surface area contributed by atoms with Crippen LogP contribution in [-0.4, -0.2) is 51.9 Å². The van der Waals surface area contributed by atoms with Crippen LogP contribution in [0.1, 0.15) is 57.4 Å². The van der Waals surface area contributed by atoms with Crippen LogP contribution in [0.5, 0.6) is 5.75 Å². The molecule has 1 N–H and O–H groups in total. The zero-order valence-electron chi connectivity index (χ0n) is 18.4. The summed E-state index contributed by atoms with van der Waals surface area (Å²) < 4.78 is 33.4. The molecule has 5 nitrogen and oxygen atoms in total. The topological polar surface area (TPSA) is 58.6 Å². The van der Waals surface area contributed by atoms with Gasteiger partial charge in [0.25, 0.3) is 0 Å². The lowest BCUT2D eigenvalue weighted by Crippen LogP contribution is -2.39.